The number of rotatable bonds is 7. The van der Waals surface area contributed by atoms with E-state index in [1.807, 2.05) is 18.2 Å². The van der Waals surface area contributed by atoms with E-state index in [-0.39, 0.29) is 16.8 Å². The fourth-order valence-electron chi connectivity index (χ4n) is 3.51. The highest BCUT2D eigenvalue weighted by atomic mass is 32.2. The number of carbonyl (C=O) groups excluding carboxylic acids is 1. The summed E-state index contributed by atoms with van der Waals surface area (Å²) in [6, 6.07) is 11.5. The van der Waals surface area contributed by atoms with Gasteiger partial charge in [-0.05, 0) is 37.6 Å². The molecule has 0 radical (unpaired) electrons. The quantitative estimate of drug-likeness (QED) is 0.720. The third-order valence-corrected chi connectivity index (χ3v) is 7.55. The number of nitrogens with one attached hydrogen (secondary N) is 2. The molecule has 2 aromatic rings. The molecule has 3 rings (SSSR count). The van der Waals surface area contributed by atoms with Crippen LogP contribution in [0.15, 0.2) is 46.7 Å². The van der Waals surface area contributed by atoms with Gasteiger partial charge in [0.2, 0.25) is 10.0 Å². The lowest BCUT2D eigenvalue weighted by molar-refractivity contribution is 0.0967. The summed E-state index contributed by atoms with van der Waals surface area (Å²) in [5, 5.41) is 4.03. The van der Waals surface area contributed by atoms with Crippen molar-refractivity contribution in [3.05, 3.63) is 52.2 Å². The van der Waals surface area contributed by atoms with Crippen LogP contribution in [0.25, 0.3) is 0 Å². The van der Waals surface area contributed by atoms with Crippen molar-refractivity contribution in [2.45, 2.75) is 36.6 Å². The van der Waals surface area contributed by atoms with Crippen molar-refractivity contribution in [2.75, 3.05) is 26.7 Å². The molecule has 6 nitrogen and oxygen atoms in total. The second kappa shape index (κ2) is 9.65. The Kier molecular flexibility index (Phi) is 7.23. The maximum atomic E-state index is 12.8. The van der Waals surface area contributed by atoms with Gasteiger partial charge in [-0.25, -0.2) is 13.1 Å². The molecule has 1 unspecified atom stereocenters. The fraction of sp³-hybridized carbons (Fsp3) is 0.450. The fourth-order valence-corrected chi connectivity index (χ4v) is 5.77. The molecule has 152 valence electrons. The highest BCUT2D eigenvalue weighted by Gasteiger charge is 2.25. The Morgan fingerprint density at radius 1 is 1.14 bits per heavy atom. The summed E-state index contributed by atoms with van der Waals surface area (Å²) in [7, 11) is -2.15. The summed E-state index contributed by atoms with van der Waals surface area (Å²) >= 11 is 1.13. The predicted molar refractivity (Wildman–Crippen MR) is 112 cm³/mol. The predicted octanol–water partition coefficient (Wildman–Crippen LogP) is 3.00. The monoisotopic (exact) mass is 421 g/mol. The van der Waals surface area contributed by atoms with E-state index in [1.54, 1.807) is 0 Å². The van der Waals surface area contributed by atoms with Crippen LogP contribution >= 0.6 is 11.3 Å². The lowest BCUT2D eigenvalue weighted by Gasteiger charge is -2.31. The highest BCUT2D eigenvalue weighted by Crippen LogP contribution is 2.25. The minimum Gasteiger partial charge on any atom is -0.354 e. The molecular formula is C20H27N3O3S2. The first-order valence-corrected chi connectivity index (χ1v) is 12.0. The second-order valence-electron chi connectivity index (χ2n) is 6.95. The molecule has 8 heteroatoms. The van der Waals surface area contributed by atoms with Gasteiger partial charge in [0.05, 0.1) is 9.77 Å². The van der Waals surface area contributed by atoms with Crippen molar-refractivity contribution in [1.82, 2.24) is 14.9 Å². The number of amides is 1. The zero-order valence-electron chi connectivity index (χ0n) is 16.1. The Hall–Kier alpha value is -1.74. The molecule has 1 aromatic carbocycles. The van der Waals surface area contributed by atoms with Crippen molar-refractivity contribution in [2.24, 2.45) is 0 Å². The van der Waals surface area contributed by atoms with Crippen LogP contribution in [0.5, 0.6) is 0 Å². The number of likely N-dealkylation sites (tertiary alicyclic amines) is 1. The Morgan fingerprint density at radius 3 is 2.46 bits per heavy atom. The Labute approximate surface area is 171 Å². The number of hydrogen-bond donors (Lipinski definition) is 2. The first-order chi connectivity index (χ1) is 13.5. The summed E-state index contributed by atoms with van der Waals surface area (Å²) in [4.78, 5) is 14.6. The van der Waals surface area contributed by atoms with E-state index in [1.165, 1.54) is 31.3 Å². The van der Waals surface area contributed by atoms with E-state index in [2.05, 4.69) is 27.1 Å². The number of nitrogens with zero attached hydrogens (tertiary/aromatic N) is 1. The number of carbonyl (C=O) groups is 1. The van der Waals surface area contributed by atoms with E-state index >= 15 is 0 Å². The van der Waals surface area contributed by atoms with Crippen LogP contribution < -0.4 is 10.0 Å². The Morgan fingerprint density at radius 2 is 1.82 bits per heavy atom. The largest absolute Gasteiger partial charge is 0.354 e. The molecule has 0 bridgehead atoms. The van der Waals surface area contributed by atoms with E-state index in [4.69, 9.17) is 0 Å². The molecule has 0 spiro atoms. The molecule has 0 saturated carbocycles. The van der Waals surface area contributed by atoms with Gasteiger partial charge < -0.3 is 5.32 Å². The third-order valence-electron chi connectivity index (χ3n) is 5.07. The van der Waals surface area contributed by atoms with Gasteiger partial charge in [-0.3, -0.25) is 9.69 Å². The van der Waals surface area contributed by atoms with Gasteiger partial charge in [0.15, 0.2) is 0 Å². The summed E-state index contributed by atoms with van der Waals surface area (Å²) in [6.45, 7) is 2.25. The van der Waals surface area contributed by atoms with Gasteiger partial charge >= 0.3 is 0 Å². The van der Waals surface area contributed by atoms with E-state index < -0.39 is 10.0 Å². The molecule has 2 N–H and O–H groups in total. The first-order valence-electron chi connectivity index (χ1n) is 9.60. The maximum Gasteiger partial charge on any atom is 0.261 e. The lowest BCUT2D eigenvalue weighted by Crippen LogP contribution is -2.38. The molecule has 2 heterocycles. The summed E-state index contributed by atoms with van der Waals surface area (Å²) < 4.78 is 28.3. The Balaban J connectivity index is 1.77. The van der Waals surface area contributed by atoms with Crippen LogP contribution in [0, 0.1) is 0 Å². The zero-order chi connectivity index (χ0) is 20.0. The van der Waals surface area contributed by atoms with Crippen LogP contribution in [0.2, 0.25) is 0 Å². The molecule has 1 aliphatic rings. The van der Waals surface area contributed by atoms with E-state index in [9.17, 15) is 13.2 Å². The average molecular weight is 422 g/mol. The molecule has 1 aliphatic heterocycles. The van der Waals surface area contributed by atoms with E-state index in [0.29, 0.717) is 11.4 Å². The molecular weight excluding hydrogens is 394 g/mol. The van der Waals surface area contributed by atoms with Crippen LogP contribution in [-0.4, -0.2) is 45.9 Å². The van der Waals surface area contributed by atoms with Gasteiger partial charge in [-0.2, -0.15) is 0 Å². The zero-order valence-corrected chi connectivity index (χ0v) is 17.7. The van der Waals surface area contributed by atoms with Crippen molar-refractivity contribution in [3.8, 4) is 0 Å². The smallest absolute Gasteiger partial charge is 0.261 e. The maximum absolute atomic E-state index is 12.8. The molecule has 1 aromatic heterocycles. The molecule has 1 fully saturated rings. The molecule has 28 heavy (non-hydrogen) atoms. The van der Waals surface area contributed by atoms with Gasteiger partial charge in [-0.1, -0.05) is 43.2 Å². The molecule has 1 saturated heterocycles. The lowest BCUT2D eigenvalue weighted by atomic mass is 10.1. The average Bonchev–Trinajstić information content (AvgIpc) is 3.07. The second-order valence-corrected chi connectivity index (χ2v) is 9.63. The Bertz CT molecular complexity index is 873. The van der Waals surface area contributed by atoms with Gasteiger partial charge in [0.25, 0.3) is 5.91 Å². The minimum absolute atomic E-state index is 0.00822. The van der Waals surface area contributed by atoms with Gasteiger partial charge in [0.1, 0.15) is 0 Å². The highest BCUT2D eigenvalue weighted by molar-refractivity contribution is 7.89. The number of hydrogen-bond acceptors (Lipinski definition) is 5. The molecule has 1 atom stereocenters. The number of thiophene rings is 1. The first kappa shape index (κ1) is 21.0. The van der Waals surface area contributed by atoms with Crippen LogP contribution in [0.3, 0.4) is 0 Å². The summed E-state index contributed by atoms with van der Waals surface area (Å²) in [6.07, 6.45) is 4.72. The van der Waals surface area contributed by atoms with Crippen LogP contribution in [0.4, 0.5) is 0 Å². The van der Waals surface area contributed by atoms with E-state index in [0.717, 1.165) is 42.8 Å². The standard InChI is InChI=1S/C20H27N3O3S2/c1-21-20(24)19-13-17(15-27-19)28(25,26)22-14-18(16-9-5-4-6-10-16)23-11-7-2-3-8-12-23/h4-6,9-10,13,15,18,22H,2-3,7-8,11-12,14H2,1H3,(H,21,24). The van der Waals surface area contributed by atoms with Crippen molar-refractivity contribution < 1.29 is 13.2 Å². The minimum atomic E-state index is -3.68. The van der Waals surface area contributed by atoms with Crippen molar-refractivity contribution >= 4 is 27.3 Å². The molecule has 0 aliphatic carbocycles. The number of benzene rings is 1. The van der Waals surface area contributed by atoms with Gasteiger partial charge in [0, 0.05) is 25.0 Å². The normalized spacial score (nSPS) is 17.0. The summed E-state index contributed by atoms with van der Waals surface area (Å²) in [5.74, 6) is -0.279. The summed E-state index contributed by atoms with van der Waals surface area (Å²) in [5.41, 5.74) is 1.11. The topological polar surface area (TPSA) is 78.5 Å². The van der Waals surface area contributed by atoms with Crippen LogP contribution in [-0.2, 0) is 10.0 Å². The van der Waals surface area contributed by atoms with Crippen molar-refractivity contribution in [3.63, 3.8) is 0 Å². The number of sulfonamides is 1. The SMILES string of the molecule is CNC(=O)c1cc(S(=O)(=O)NCC(c2ccccc2)N2CCCCCC2)cs1. The van der Waals surface area contributed by atoms with Crippen molar-refractivity contribution in [1.29, 1.82) is 0 Å². The van der Waals surface area contributed by atoms with Crippen LogP contribution in [0.1, 0.15) is 47.0 Å². The third kappa shape index (κ3) is 5.20. The van der Waals surface area contributed by atoms with Gasteiger partial charge in [-0.15, -0.1) is 11.3 Å². The molecule has 1 amide bonds.